The average Bonchev–Trinajstić information content (AvgIpc) is 2.93. The summed E-state index contributed by atoms with van der Waals surface area (Å²) in [6.07, 6.45) is 4.47. The monoisotopic (exact) mass is 591 g/mol. The van der Waals surface area contributed by atoms with Crippen LogP contribution in [0, 0.1) is 11.3 Å². The fourth-order valence-corrected chi connectivity index (χ4v) is 6.77. The highest BCUT2D eigenvalue weighted by Crippen LogP contribution is 2.53. The predicted molar refractivity (Wildman–Crippen MR) is 152 cm³/mol. The Hall–Kier alpha value is -2.72. The summed E-state index contributed by atoms with van der Waals surface area (Å²) in [5.74, 6) is -0.936. The van der Waals surface area contributed by atoms with Gasteiger partial charge in [-0.1, -0.05) is 24.6 Å². The fraction of sp³-hybridized carbons (Fsp3) is 0.625. The quantitative estimate of drug-likeness (QED) is 0.375. The summed E-state index contributed by atoms with van der Waals surface area (Å²) in [4.78, 5) is 28.3. The van der Waals surface area contributed by atoms with Crippen molar-refractivity contribution in [3.63, 3.8) is 0 Å². The molecule has 6 nitrogen and oxygen atoms in total. The second-order valence-corrected chi connectivity index (χ2v) is 12.8. The van der Waals surface area contributed by atoms with E-state index in [4.69, 9.17) is 10.5 Å². The van der Waals surface area contributed by atoms with Crippen LogP contribution in [0.15, 0.2) is 42.2 Å². The van der Waals surface area contributed by atoms with Gasteiger partial charge in [0.05, 0.1) is 17.6 Å². The van der Waals surface area contributed by atoms with Gasteiger partial charge in [0.15, 0.2) is 0 Å². The molecule has 0 spiro atoms. The highest BCUT2D eigenvalue weighted by atomic mass is 19.4. The van der Waals surface area contributed by atoms with Crippen LogP contribution in [-0.2, 0) is 9.53 Å². The summed E-state index contributed by atoms with van der Waals surface area (Å²) in [7, 11) is 0. The van der Waals surface area contributed by atoms with Gasteiger partial charge in [-0.3, -0.25) is 9.59 Å². The van der Waals surface area contributed by atoms with E-state index in [0.29, 0.717) is 62.2 Å². The number of carbonyl (C=O) groups excluding carboxylic acids is 2. The normalized spacial score (nSPS) is 27.2. The standard InChI is InChI=1S/C32H41F4N3O3/c1-30(42-20-22-11-17-38(18-12-22)21-31(13-4-14-31)32(34,35)36)15-10-25(26(33)19-30)23-6-8-24(9-7-23)29(41)39-16-3-2-5-27(39)28(37)40/h6-10,19,22,27H,2-5,11-18,20-21H2,1H3,(H2,37,40)/t27-,30?/m0/s1. The van der Waals surface area contributed by atoms with Gasteiger partial charge < -0.3 is 20.3 Å². The number of hydrogen-bond acceptors (Lipinski definition) is 4. The maximum absolute atomic E-state index is 15.3. The molecule has 2 saturated heterocycles. The van der Waals surface area contributed by atoms with Gasteiger partial charge in [0.25, 0.3) is 5.91 Å². The number of halogens is 4. The van der Waals surface area contributed by atoms with Crippen molar-refractivity contribution in [2.45, 2.75) is 82.5 Å². The van der Waals surface area contributed by atoms with E-state index < -0.39 is 35.0 Å². The van der Waals surface area contributed by atoms with Crippen LogP contribution in [0.1, 0.15) is 80.6 Å². The Balaban J connectivity index is 1.12. The predicted octanol–water partition coefficient (Wildman–Crippen LogP) is 6.03. The maximum atomic E-state index is 15.3. The molecule has 2 aliphatic heterocycles. The Kier molecular flexibility index (Phi) is 8.86. The molecule has 2 amide bonds. The van der Waals surface area contributed by atoms with Crippen molar-refractivity contribution < 1.29 is 31.9 Å². The van der Waals surface area contributed by atoms with E-state index in [-0.39, 0.29) is 31.2 Å². The molecule has 0 aromatic heterocycles. The molecule has 1 aromatic carbocycles. The van der Waals surface area contributed by atoms with Crippen molar-refractivity contribution in [3.05, 3.63) is 53.4 Å². The Morgan fingerprint density at radius 2 is 1.71 bits per heavy atom. The number of rotatable bonds is 8. The van der Waals surface area contributed by atoms with Crippen molar-refractivity contribution in [2.24, 2.45) is 17.1 Å². The Morgan fingerprint density at radius 1 is 1.02 bits per heavy atom. The number of hydrogen-bond donors (Lipinski definition) is 1. The number of nitrogens with two attached hydrogens (primary N) is 1. The topological polar surface area (TPSA) is 75.9 Å². The van der Waals surface area contributed by atoms with Crippen LogP contribution in [0.25, 0.3) is 5.57 Å². The molecule has 42 heavy (non-hydrogen) atoms. The van der Waals surface area contributed by atoms with Crippen molar-refractivity contribution in [3.8, 4) is 0 Å². The lowest BCUT2D eigenvalue weighted by molar-refractivity contribution is -0.256. The molecule has 3 fully saturated rings. The molecule has 4 aliphatic rings. The molecule has 1 aromatic rings. The SMILES string of the molecule is CC1(OCC2CCN(CC3(C(F)(F)F)CCC3)CC2)C=C(F)C(c2ccc(C(=O)N3CCCC[C@H]3C(N)=O)cc2)=CC1. The lowest BCUT2D eigenvalue weighted by Gasteiger charge is -2.47. The first-order chi connectivity index (χ1) is 19.9. The molecule has 2 atom stereocenters. The summed E-state index contributed by atoms with van der Waals surface area (Å²) in [5, 5.41) is 0. The first-order valence-corrected chi connectivity index (χ1v) is 15.1. The number of benzene rings is 1. The van der Waals surface area contributed by atoms with E-state index in [9.17, 15) is 22.8 Å². The summed E-state index contributed by atoms with van der Waals surface area (Å²) in [5.41, 5.74) is 4.66. The second kappa shape index (κ2) is 12.1. The molecule has 0 radical (unpaired) electrons. The van der Waals surface area contributed by atoms with E-state index in [1.807, 2.05) is 11.8 Å². The fourth-order valence-electron chi connectivity index (χ4n) is 6.77. The minimum atomic E-state index is -4.15. The lowest BCUT2D eigenvalue weighted by Crippen LogP contribution is -2.53. The van der Waals surface area contributed by atoms with Crippen LogP contribution >= 0.6 is 0 Å². The Bertz CT molecular complexity index is 1220. The minimum Gasteiger partial charge on any atom is -0.370 e. The highest BCUT2D eigenvalue weighted by molar-refractivity contribution is 5.98. The van der Waals surface area contributed by atoms with E-state index in [1.165, 1.54) is 11.0 Å². The molecule has 10 heteroatoms. The van der Waals surface area contributed by atoms with Crippen LogP contribution in [0.3, 0.4) is 0 Å². The van der Waals surface area contributed by atoms with Crippen LogP contribution < -0.4 is 5.73 Å². The number of nitrogens with zero attached hydrogens (tertiary/aromatic N) is 2. The van der Waals surface area contributed by atoms with Crippen molar-refractivity contribution in [2.75, 3.05) is 32.8 Å². The van der Waals surface area contributed by atoms with Crippen LogP contribution in [0.2, 0.25) is 0 Å². The van der Waals surface area contributed by atoms with Crippen molar-refractivity contribution in [1.82, 2.24) is 9.80 Å². The first kappa shape index (κ1) is 30.7. The largest absolute Gasteiger partial charge is 0.395 e. The minimum absolute atomic E-state index is 0.0879. The van der Waals surface area contributed by atoms with Gasteiger partial charge in [-0.2, -0.15) is 13.2 Å². The molecule has 2 N–H and O–H groups in total. The molecular weight excluding hydrogens is 550 g/mol. The van der Waals surface area contributed by atoms with Crippen molar-refractivity contribution in [1.29, 1.82) is 0 Å². The number of alkyl halides is 3. The van der Waals surface area contributed by atoms with Crippen LogP contribution in [-0.4, -0.2) is 72.2 Å². The van der Waals surface area contributed by atoms with Crippen LogP contribution in [0.4, 0.5) is 17.6 Å². The molecule has 1 unspecified atom stereocenters. The van der Waals surface area contributed by atoms with Crippen molar-refractivity contribution >= 4 is 17.4 Å². The first-order valence-electron chi connectivity index (χ1n) is 15.1. The van der Waals surface area contributed by atoms with E-state index in [0.717, 1.165) is 25.7 Å². The molecule has 230 valence electrons. The third kappa shape index (κ3) is 6.44. The third-order valence-corrected chi connectivity index (χ3v) is 9.73. The van der Waals surface area contributed by atoms with E-state index in [1.54, 1.807) is 30.3 Å². The van der Waals surface area contributed by atoms with Crippen LogP contribution in [0.5, 0.6) is 0 Å². The number of amides is 2. The third-order valence-electron chi connectivity index (χ3n) is 9.73. The molecule has 2 aliphatic carbocycles. The summed E-state index contributed by atoms with van der Waals surface area (Å²) < 4.78 is 62.2. The molecular formula is C32H41F4N3O3. The van der Waals surface area contributed by atoms with Gasteiger partial charge in [-0.05, 0) is 101 Å². The Morgan fingerprint density at radius 3 is 2.29 bits per heavy atom. The zero-order chi connectivity index (χ0) is 30.1. The molecule has 0 bridgehead atoms. The van der Waals surface area contributed by atoms with Gasteiger partial charge in [0, 0.05) is 24.2 Å². The number of piperidine rings is 2. The zero-order valence-corrected chi connectivity index (χ0v) is 24.2. The van der Waals surface area contributed by atoms with Gasteiger partial charge in [0.2, 0.25) is 5.91 Å². The number of ether oxygens (including phenoxy) is 1. The highest BCUT2D eigenvalue weighted by Gasteiger charge is 2.58. The van der Waals surface area contributed by atoms with Gasteiger partial charge in [-0.25, -0.2) is 4.39 Å². The molecule has 2 heterocycles. The number of allylic oxidation sites excluding steroid dienone is 2. The zero-order valence-electron chi connectivity index (χ0n) is 24.2. The average molecular weight is 592 g/mol. The molecule has 1 saturated carbocycles. The van der Waals surface area contributed by atoms with Gasteiger partial charge in [-0.15, -0.1) is 0 Å². The summed E-state index contributed by atoms with van der Waals surface area (Å²) in [6, 6.07) is 6.11. The smallest absolute Gasteiger partial charge is 0.370 e. The number of likely N-dealkylation sites (tertiary alicyclic amines) is 2. The summed E-state index contributed by atoms with van der Waals surface area (Å²) >= 11 is 0. The second-order valence-electron chi connectivity index (χ2n) is 12.8. The number of carbonyl (C=O) groups is 2. The number of primary amides is 1. The van der Waals surface area contributed by atoms with E-state index in [2.05, 4.69) is 0 Å². The maximum Gasteiger partial charge on any atom is 0.395 e. The van der Waals surface area contributed by atoms with E-state index >= 15 is 4.39 Å². The molecule has 5 rings (SSSR count). The Labute approximate surface area is 244 Å². The van der Waals surface area contributed by atoms with Gasteiger partial charge >= 0.3 is 6.18 Å². The van der Waals surface area contributed by atoms with Gasteiger partial charge in [0.1, 0.15) is 11.9 Å². The summed E-state index contributed by atoms with van der Waals surface area (Å²) in [6.45, 7) is 4.08. The lowest BCUT2D eigenvalue weighted by atomic mass is 9.67.